The standard InChI is InChI=1S/C12H16O/c1-8(2)10-5-4-9(3)11(6-10)12-7-13-12/h4-6,8,12H,7H2,1-3H3. The minimum absolute atomic E-state index is 0.388. The molecule has 1 fully saturated rings. The summed E-state index contributed by atoms with van der Waals surface area (Å²) in [5.41, 5.74) is 4.15. The molecular formula is C12H16O. The Morgan fingerprint density at radius 1 is 1.38 bits per heavy atom. The van der Waals surface area contributed by atoms with Crippen LogP contribution in [0.4, 0.5) is 0 Å². The predicted molar refractivity (Wildman–Crippen MR) is 54.0 cm³/mol. The molecule has 1 saturated heterocycles. The fourth-order valence-corrected chi connectivity index (χ4v) is 1.59. The molecule has 0 bridgehead atoms. The zero-order valence-corrected chi connectivity index (χ0v) is 8.50. The molecule has 1 atom stereocenters. The van der Waals surface area contributed by atoms with Crippen molar-refractivity contribution < 1.29 is 4.74 Å². The highest BCUT2D eigenvalue weighted by molar-refractivity contribution is 5.35. The van der Waals surface area contributed by atoms with E-state index >= 15 is 0 Å². The molecule has 0 amide bonds. The van der Waals surface area contributed by atoms with Crippen LogP contribution in [0.3, 0.4) is 0 Å². The lowest BCUT2D eigenvalue weighted by Gasteiger charge is -2.09. The molecule has 0 N–H and O–H groups in total. The maximum atomic E-state index is 5.31. The summed E-state index contributed by atoms with van der Waals surface area (Å²) < 4.78 is 5.31. The maximum absolute atomic E-state index is 5.31. The third-order valence-electron chi connectivity index (χ3n) is 2.65. The summed E-state index contributed by atoms with van der Waals surface area (Å²) in [6, 6.07) is 6.70. The molecule has 0 radical (unpaired) electrons. The van der Waals surface area contributed by atoms with E-state index in [2.05, 4.69) is 39.0 Å². The van der Waals surface area contributed by atoms with Crippen molar-refractivity contribution >= 4 is 0 Å². The van der Waals surface area contributed by atoms with Crippen LogP contribution >= 0.6 is 0 Å². The molecule has 1 aromatic rings. The zero-order valence-electron chi connectivity index (χ0n) is 8.50. The second-order valence-corrected chi connectivity index (χ2v) is 4.09. The summed E-state index contributed by atoms with van der Waals surface area (Å²) in [7, 11) is 0. The van der Waals surface area contributed by atoms with Gasteiger partial charge in [-0.05, 0) is 29.5 Å². The largest absolute Gasteiger partial charge is 0.368 e. The SMILES string of the molecule is Cc1ccc(C(C)C)cc1C1CO1. The average Bonchev–Trinajstić information content (AvgIpc) is 2.87. The molecule has 1 nitrogen and oxygen atoms in total. The van der Waals surface area contributed by atoms with Crippen molar-refractivity contribution in [2.45, 2.75) is 32.8 Å². The number of rotatable bonds is 2. The molecule has 1 aromatic carbocycles. The Morgan fingerprint density at radius 3 is 2.62 bits per heavy atom. The van der Waals surface area contributed by atoms with Crippen molar-refractivity contribution in [3.05, 3.63) is 34.9 Å². The molecule has 0 aromatic heterocycles. The van der Waals surface area contributed by atoms with Crippen LogP contribution in [-0.2, 0) is 4.74 Å². The van der Waals surface area contributed by atoms with Crippen LogP contribution in [0, 0.1) is 6.92 Å². The maximum Gasteiger partial charge on any atom is 0.106 e. The van der Waals surface area contributed by atoms with Gasteiger partial charge in [0.1, 0.15) is 6.10 Å². The number of hydrogen-bond donors (Lipinski definition) is 0. The van der Waals surface area contributed by atoms with E-state index < -0.39 is 0 Å². The molecule has 1 aliphatic rings. The minimum Gasteiger partial charge on any atom is -0.368 e. The third kappa shape index (κ3) is 1.75. The number of ether oxygens (including phenoxy) is 1. The van der Waals surface area contributed by atoms with Crippen LogP contribution < -0.4 is 0 Å². The number of epoxide rings is 1. The van der Waals surface area contributed by atoms with Gasteiger partial charge in [-0.2, -0.15) is 0 Å². The van der Waals surface area contributed by atoms with Crippen molar-refractivity contribution in [1.82, 2.24) is 0 Å². The summed E-state index contributed by atoms with van der Waals surface area (Å²) in [6.07, 6.45) is 0.388. The summed E-state index contributed by atoms with van der Waals surface area (Å²) in [6.45, 7) is 7.51. The first kappa shape index (κ1) is 8.76. The summed E-state index contributed by atoms with van der Waals surface area (Å²) in [5.74, 6) is 0.609. The fraction of sp³-hybridized carbons (Fsp3) is 0.500. The van der Waals surface area contributed by atoms with E-state index in [-0.39, 0.29) is 0 Å². The van der Waals surface area contributed by atoms with Gasteiger partial charge in [-0.15, -0.1) is 0 Å². The van der Waals surface area contributed by atoms with E-state index in [0.717, 1.165) is 6.61 Å². The quantitative estimate of drug-likeness (QED) is 0.630. The van der Waals surface area contributed by atoms with Gasteiger partial charge in [0, 0.05) is 0 Å². The predicted octanol–water partition coefficient (Wildman–Crippen LogP) is 3.19. The monoisotopic (exact) mass is 176 g/mol. The van der Waals surface area contributed by atoms with E-state index in [1.165, 1.54) is 16.7 Å². The highest BCUT2D eigenvalue weighted by atomic mass is 16.6. The molecule has 1 unspecified atom stereocenters. The number of aryl methyl sites for hydroxylation is 1. The Morgan fingerprint density at radius 2 is 2.08 bits per heavy atom. The summed E-state index contributed by atoms with van der Waals surface area (Å²) in [5, 5.41) is 0. The van der Waals surface area contributed by atoms with Gasteiger partial charge in [-0.25, -0.2) is 0 Å². The van der Waals surface area contributed by atoms with Crippen LogP contribution in [-0.4, -0.2) is 6.61 Å². The second-order valence-electron chi connectivity index (χ2n) is 4.09. The van der Waals surface area contributed by atoms with Crippen LogP contribution in [0.1, 0.15) is 42.6 Å². The van der Waals surface area contributed by atoms with Gasteiger partial charge < -0.3 is 4.74 Å². The zero-order chi connectivity index (χ0) is 9.42. The number of hydrogen-bond acceptors (Lipinski definition) is 1. The van der Waals surface area contributed by atoms with Gasteiger partial charge in [0.15, 0.2) is 0 Å². The molecule has 1 heterocycles. The molecular weight excluding hydrogens is 160 g/mol. The lowest BCUT2D eigenvalue weighted by atomic mass is 9.96. The van der Waals surface area contributed by atoms with Crippen LogP contribution in [0.2, 0.25) is 0 Å². The molecule has 0 spiro atoms. The first-order valence-electron chi connectivity index (χ1n) is 4.90. The summed E-state index contributed by atoms with van der Waals surface area (Å²) >= 11 is 0. The van der Waals surface area contributed by atoms with Crippen LogP contribution in [0.5, 0.6) is 0 Å². The smallest absolute Gasteiger partial charge is 0.106 e. The van der Waals surface area contributed by atoms with Crippen LogP contribution in [0.25, 0.3) is 0 Å². The fourth-order valence-electron chi connectivity index (χ4n) is 1.59. The lowest BCUT2D eigenvalue weighted by molar-refractivity contribution is 0.415. The Kier molecular flexibility index (Phi) is 2.12. The van der Waals surface area contributed by atoms with Crippen molar-refractivity contribution in [1.29, 1.82) is 0 Å². The van der Waals surface area contributed by atoms with Crippen molar-refractivity contribution in [3.8, 4) is 0 Å². The van der Waals surface area contributed by atoms with E-state index in [9.17, 15) is 0 Å². The first-order valence-corrected chi connectivity index (χ1v) is 4.90. The molecule has 1 heteroatoms. The van der Waals surface area contributed by atoms with Gasteiger partial charge >= 0.3 is 0 Å². The average molecular weight is 176 g/mol. The Hall–Kier alpha value is -0.820. The normalized spacial score (nSPS) is 20.8. The van der Waals surface area contributed by atoms with Crippen molar-refractivity contribution in [2.24, 2.45) is 0 Å². The minimum atomic E-state index is 0.388. The first-order chi connectivity index (χ1) is 6.18. The van der Waals surface area contributed by atoms with E-state index in [4.69, 9.17) is 4.74 Å². The Labute approximate surface area is 79.7 Å². The highest BCUT2D eigenvalue weighted by Gasteiger charge is 2.26. The summed E-state index contributed by atoms with van der Waals surface area (Å²) in [4.78, 5) is 0. The molecule has 0 aliphatic carbocycles. The highest BCUT2D eigenvalue weighted by Crippen LogP contribution is 2.33. The number of benzene rings is 1. The van der Waals surface area contributed by atoms with Gasteiger partial charge in [0.05, 0.1) is 6.61 Å². The van der Waals surface area contributed by atoms with Gasteiger partial charge in [0.2, 0.25) is 0 Å². The molecule has 0 saturated carbocycles. The topological polar surface area (TPSA) is 12.5 Å². The van der Waals surface area contributed by atoms with Gasteiger partial charge in [-0.3, -0.25) is 0 Å². The van der Waals surface area contributed by atoms with Gasteiger partial charge in [-0.1, -0.05) is 32.0 Å². The van der Waals surface area contributed by atoms with Gasteiger partial charge in [0.25, 0.3) is 0 Å². The van der Waals surface area contributed by atoms with E-state index in [1.54, 1.807) is 0 Å². The second kappa shape index (κ2) is 3.15. The molecule has 70 valence electrons. The van der Waals surface area contributed by atoms with E-state index in [0.29, 0.717) is 12.0 Å². The molecule has 2 rings (SSSR count). The van der Waals surface area contributed by atoms with Crippen molar-refractivity contribution in [3.63, 3.8) is 0 Å². The molecule has 13 heavy (non-hydrogen) atoms. The Balaban J connectivity index is 2.36. The van der Waals surface area contributed by atoms with Crippen molar-refractivity contribution in [2.75, 3.05) is 6.61 Å². The van der Waals surface area contributed by atoms with E-state index in [1.807, 2.05) is 0 Å². The van der Waals surface area contributed by atoms with Crippen LogP contribution in [0.15, 0.2) is 18.2 Å². The Bertz CT molecular complexity index is 311. The third-order valence-corrected chi connectivity index (χ3v) is 2.65. The molecule has 1 aliphatic heterocycles. The lowest BCUT2D eigenvalue weighted by Crippen LogP contribution is -1.92.